The number of amides is 1. The maximum Gasteiger partial charge on any atom is 0.261 e. The second-order valence-electron chi connectivity index (χ2n) is 6.54. The Labute approximate surface area is 191 Å². The second kappa shape index (κ2) is 10.1. The van der Waals surface area contributed by atoms with Crippen LogP contribution in [0, 0.1) is 0 Å². The number of hydrogen-bond acceptors (Lipinski definition) is 5. The van der Waals surface area contributed by atoms with Crippen molar-refractivity contribution in [1.82, 2.24) is 0 Å². The molecule has 0 saturated carbocycles. The summed E-state index contributed by atoms with van der Waals surface area (Å²) in [4.78, 5) is 13.5. The van der Waals surface area contributed by atoms with Gasteiger partial charge in [-0.2, -0.15) is 0 Å². The van der Waals surface area contributed by atoms with Gasteiger partial charge in [0.1, 0.15) is 5.75 Å². The summed E-state index contributed by atoms with van der Waals surface area (Å²) in [6, 6.07) is 20.0. The van der Waals surface area contributed by atoms with E-state index in [1.807, 2.05) is 0 Å². The van der Waals surface area contributed by atoms with Gasteiger partial charge in [-0.05, 0) is 61.5 Å². The van der Waals surface area contributed by atoms with Crippen molar-refractivity contribution in [3.05, 3.63) is 77.8 Å². The first kappa shape index (κ1) is 23.0. The standard InChI is InChI=1S/C22H21ClN2O4S2/c1-15(22(26)24-17-10-13-21(29-2)20(23)14-17)30-18-11-8-16(9-12-18)25-31(27,28)19-6-4-3-5-7-19/h3-15,25H,1-2H3,(H,24,26). The van der Waals surface area contributed by atoms with Gasteiger partial charge in [0.2, 0.25) is 5.91 Å². The molecule has 0 aliphatic heterocycles. The first-order chi connectivity index (χ1) is 14.8. The van der Waals surface area contributed by atoms with E-state index in [1.54, 1.807) is 67.6 Å². The first-order valence-corrected chi connectivity index (χ1v) is 12.0. The number of carbonyl (C=O) groups excluding carboxylic acids is 1. The molecule has 0 fully saturated rings. The number of nitrogens with one attached hydrogen (secondary N) is 2. The van der Waals surface area contributed by atoms with Crippen LogP contribution in [0.3, 0.4) is 0 Å². The van der Waals surface area contributed by atoms with Gasteiger partial charge >= 0.3 is 0 Å². The Kier molecular flexibility index (Phi) is 7.48. The Bertz CT molecular complexity index is 1150. The second-order valence-corrected chi connectivity index (χ2v) is 10.0. The van der Waals surface area contributed by atoms with Crippen LogP contribution < -0.4 is 14.8 Å². The Balaban J connectivity index is 1.60. The summed E-state index contributed by atoms with van der Waals surface area (Å²) < 4.78 is 32.5. The molecule has 6 nitrogen and oxygen atoms in total. The number of thioether (sulfide) groups is 1. The highest BCUT2D eigenvalue weighted by Crippen LogP contribution is 2.29. The average molecular weight is 477 g/mol. The molecule has 0 aromatic heterocycles. The Morgan fingerprint density at radius 3 is 2.26 bits per heavy atom. The smallest absolute Gasteiger partial charge is 0.261 e. The van der Waals surface area contributed by atoms with Crippen LogP contribution in [-0.2, 0) is 14.8 Å². The van der Waals surface area contributed by atoms with Gasteiger partial charge in [0.05, 0.1) is 22.3 Å². The molecule has 1 atom stereocenters. The van der Waals surface area contributed by atoms with E-state index in [1.165, 1.54) is 31.0 Å². The van der Waals surface area contributed by atoms with Gasteiger partial charge in [0.25, 0.3) is 10.0 Å². The van der Waals surface area contributed by atoms with Crippen molar-refractivity contribution in [2.45, 2.75) is 22.0 Å². The fourth-order valence-electron chi connectivity index (χ4n) is 2.66. The third-order valence-corrected chi connectivity index (χ3v) is 7.07. The minimum atomic E-state index is -3.65. The summed E-state index contributed by atoms with van der Waals surface area (Å²) in [6.07, 6.45) is 0. The zero-order valence-corrected chi connectivity index (χ0v) is 19.2. The number of methoxy groups -OCH3 is 1. The monoisotopic (exact) mass is 476 g/mol. The van der Waals surface area contributed by atoms with Crippen molar-refractivity contribution in [3.63, 3.8) is 0 Å². The molecule has 3 rings (SSSR count). The van der Waals surface area contributed by atoms with Gasteiger partial charge in [0, 0.05) is 16.3 Å². The highest BCUT2D eigenvalue weighted by atomic mass is 35.5. The van der Waals surface area contributed by atoms with Gasteiger partial charge in [-0.25, -0.2) is 8.42 Å². The van der Waals surface area contributed by atoms with E-state index in [4.69, 9.17) is 16.3 Å². The lowest BCUT2D eigenvalue weighted by Crippen LogP contribution is -2.22. The van der Waals surface area contributed by atoms with Crippen molar-refractivity contribution in [2.24, 2.45) is 0 Å². The Morgan fingerprint density at radius 2 is 1.65 bits per heavy atom. The van der Waals surface area contributed by atoms with Crippen LogP contribution in [0.1, 0.15) is 6.92 Å². The maximum atomic E-state index is 12.5. The zero-order valence-electron chi connectivity index (χ0n) is 16.8. The predicted octanol–water partition coefficient (Wildman–Crippen LogP) is 5.27. The molecule has 0 aliphatic carbocycles. The number of ether oxygens (including phenoxy) is 1. The fraction of sp³-hybridized carbons (Fsp3) is 0.136. The number of carbonyl (C=O) groups is 1. The van der Waals surface area contributed by atoms with Crippen molar-refractivity contribution in [2.75, 3.05) is 17.1 Å². The van der Waals surface area contributed by atoms with Crippen molar-refractivity contribution >= 4 is 50.7 Å². The van der Waals surface area contributed by atoms with Crippen molar-refractivity contribution in [1.29, 1.82) is 0 Å². The number of halogens is 1. The van der Waals surface area contributed by atoms with E-state index in [-0.39, 0.29) is 16.1 Å². The summed E-state index contributed by atoms with van der Waals surface area (Å²) in [7, 11) is -2.12. The zero-order chi connectivity index (χ0) is 22.4. The van der Waals surface area contributed by atoms with Crippen LogP contribution in [0.2, 0.25) is 5.02 Å². The Morgan fingerprint density at radius 1 is 1.00 bits per heavy atom. The van der Waals surface area contributed by atoms with Gasteiger partial charge in [-0.15, -0.1) is 11.8 Å². The molecule has 162 valence electrons. The van der Waals surface area contributed by atoms with Gasteiger partial charge in [-0.1, -0.05) is 29.8 Å². The summed E-state index contributed by atoms with van der Waals surface area (Å²) in [5.74, 6) is 0.352. The molecule has 9 heteroatoms. The number of sulfonamides is 1. The molecule has 0 bridgehead atoms. The van der Waals surface area contributed by atoms with Crippen molar-refractivity contribution < 1.29 is 17.9 Å². The molecule has 1 amide bonds. The van der Waals surface area contributed by atoms with Gasteiger partial charge in [0.15, 0.2) is 0 Å². The number of anilines is 2. The average Bonchev–Trinajstić information content (AvgIpc) is 2.75. The molecule has 2 N–H and O–H groups in total. The maximum absolute atomic E-state index is 12.5. The fourth-order valence-corrected chi connectivity index (χ4v) is 4.87. The molecule has 31 heavy (non-hydrogen) atoms. The topological polar surface area (TPSA) is 84.5 Å². The molecule has 3 aromatic rings. The SMILES string of the molecule is COc1ccc(NC(=O)C(C)Sc2ccc(NS(=O)(=O)c3ccccc3)cc2)cc1Cl. The number of benzene rings is 3. The van der Waals surface area contributed by atoms with E-state index in [9.17, 15) is 13.2 Å². The van der Waals surface area contributed by atoms with Crippen LogP contribution >= 0.6 is 23.4 Å². The van der Waals surface area contributed by atoms with Gasteiger partial charge in [-0.3, -0.25) is 9.52 Å². The lowest BCUT2D eigenvalue weighted by atomic mass is 10.3. The van der Waals surface area contributed by atoms with E-state index < -0.39 is 10.0 Å². The van der Waals surface area contributed by atoms with E-state index in [2.05, 4.69) is 10.0 Å². The summed E-state index contributed by atoms with van der Waals surface area (Å²) in [5, 5.41) is 2.85. The highest BCUT2D eigenvalue weighted by molar-refractivity contribution is 8.00. The molecular formula is C22H21ClN2O4S2. The van der Waals surface area contributed by atoms with Crippen LogP contribution in [0.5, 0.6) is 5.75 Å². The summed E-state index contributed by atoms with van der Waals surface area (Å²) in [5.41, 5.74) is 1.02. The van der Waals surface area contributed by atoms with Crippen LogP contribution in [0.15, 0.2) is 82.6 Å². The van der Waals surface area contributed by atoms with Crippen LogP contribution in [0.25, 0.3) is 0 Å². The summed E-state index contributed by atoms with van der Waals surface area (Å²) in [6.45, 7) is 1.79. The predicted molar refractivity (Wildman–Crippen MR) is 126 cm³/mol. The highest BCUT2D eigenvalue weighted by Gasteiger charge is 2.16. The molecule has 0 saturated heterocycles. The minimum Gasteiger partial charge on any atom is -0.495 e. The third kappa shape index (κ3) is 6.16. The van der Waals surface area contributed by atoms with Gasteiger partial charge < -0.3 is 10.1 Å². The number of hydrogen-bond donors (Lipinski definition) is 2. The molecule has 3 aromatic carbocycles. The lowest BCUT2D eigenvalue weighted by Gasteiger charge is -2.13. The van der Waals surface area contributed by atoms with Crippen molar-refractivity contribution in [3.8, 4) is 5.75 Å². The van der Waals surface area contributed by atoms with E-state index in [0.29, 0.717) is 22.1 Å². The lowest BCUT2D eigenvalue weighted by molar-refractivity contribution is -0.115. The third-order valence-electron chi connectivity index (χ3n) is 4.26. The quantitative estimate of drug-likeness (QED) is 0.433. The largest absolute Gasteiger partial charge is 0.495 e. The normalized spacial score (nSPS) is 12.1. The van der Waals surface area contributed by atoms with E-state index >= 15 is 0 Å². The summed E-state index contributed by atoms with van der Waals surface area (Å²) >= 11 is 7.45. The molecule has 0 radical (unpaired) electrons. The van der Waals surface area contributed by atoms with Crippen LogP contribution in [-0.4, -0.2) is 26.7 Å². The van der Waals surface area contributed by atoms with E-state index in [0.717, 1.165) is 4.90 Å². The molecule has 0 aliphatic rings. The number of rotatable bonds is 8. The first-order valence-electron chi connectivity index (χ1n) is 9.27. The molecule has 1 unspecified atom stereocenters. The minimum absolute atomic E-state index is 0.180. The molecular weight excluding hydrogens is 456 g/mol. The Hall–Kier alpha value is -2.68. The molecule has 0 spiro atoms. The van der Waals surface area contributed by atoms with Crippen LogP contribution in [0.4, 0.5) is 11.4 Å². The molecule has 0 heterocycles.